The molecule has 4 aromatic heterocycles. The summed E-state index contributed by atoms with van der Waals surface area (Å²) in [6.45, 7) is 1.66. The van der Waals surface area contributed by atoms with Gasteiger partial charge in [0, 0.05) is 30.5 Å². The lowest BCUT2D eigenvalue weighted by Crippen LogP contribution is -2.50. The van der Waals surface area contributed by atoms with Gasteiger partial charge in [0.05, 0.1) is 28.0 Å². The second-order valence-corrected chi connectivity index (χ2v) is 7.64. The first kappa shape index (κ1) is 17.0. The van der Waals surface area contributed by atoms with Crippen LogP contribution in [-0.2, 0) is 0 Å². The maximum absolute atomic E-state index is 12.5. The van der Waals surface area contributed by atoms with E-state index < -0.39 is 0 Å². The van der Waals surface area contributed by atoms with Crippen LogP contribution in [0, 0.1) is 0 Å². The lowest BCUT2D eigenvalue weighted by molar-refractivity contribution is 0.0945. The molecule has 8 heteroatoms. The number of carbonyl (C=O) groups is 1. The smallest absolute Gasteiger partial charge is 0.251 e. The fourth-order valence-electron chi connectivity index (χ4n) is 3.17. The van der Waals surface area contributed by atoms with Crippen LogP contribution in [0.5, 0.6) is 0 Å². The average molecular weight is 390 g/mol. The van der Waals surface area contributed by atoms with Gasteiger partial charge < -0.3 is 10.6 Å². The van der Waals surface area contributed by atoms with Crippen LogP contribution in [0.25, 0.3) is 27.5 Å². The number of nitrogens with zero attached hydrogens (tertiary/aromatic N) is 4. The van der Waals surface area contributed by atoms with Crippen LogP contribution in [0.2, 0.25) is 0 Å². The molecule has 2 N–H and O–H groups in total. The molecule has 140 valence electrons. The highest BCUT2D eigenvalue weighted by atomic mass is 32.1. The highest BCUT2D eigenvalue weighted by Gasteiger charge is 2.18. The Balaban J connectivity index is 1.46. The van der Waals surface area contributed by atoms with Crippen molar-refractivity contribution in [2.75, 3.05) is 13.1 Å². The molecule has 1 fully saturated rings. The average Bonchev–Trinajstić information content (AvgIpc) is 3.36. The predicted octanol–water partition coefficient (Wildman–Crippen LogP) is 2.61. The molecule has 0 aromatic carbocycles. The van der Waals surface area contributed by atoms with Crippen molar-refractivity contribution in [1.29, 1.82) is 0 Å². The lowest BCUT2D eigenvalue weighted by atomic mass is 10.1. The van der Waals surface area contributed by atoms with E-state index in [1.807, 2.05) is 29.8 Å². The number of nitrogens with one attached hydrogen (secondary N) is 2. The van der Waals surface area contributed by atoms with Crippen molar-refractivity contribution in [2.24, 2.45) is 0 Å². The molecule has 0 radical (unpaired) electrons. The van der Waals surface area contributed by atoms with Crippen molar-refractivity contribution >= 4 is 22.9 Å². The second-order valence-electron chi connectivity index (χ2n) is 6.70. The van der Waals surface area contributed by atoms with Gasteiger partial charge in [-0.05, 0) is 42.6 Å². The van der Waals surface area contributed by atoms with Crippen molar-refractivity contribution in [3.05, 3.63) is 59.9 Å². The van der Waals surface area contributed by atoms with Gasteiger partial charge in [0.2, 0.25) is 0 Å². The first-order chi connectivity index (χ1) is 13.8. The minimum atomic E-state index is -0.0962. The number of aromatic nitrogens is 4. The van der Waals surface area contributed by atoms with Crippen molar-refractivity contribution in [3.8, 4) is 21.8 Å². The van der Waals surface area contributed by atoms with E-state index in [4.69, 9.17) is 4.98 Å². The summed E-state index contributed by atoms with van der Waals surface area (Å²) in [4.78, 5) is 22.8. The van der Waals surface area contributed by atoms with E-state index in [0.717, 1.165) is 34.7 Å². The standard InChI is InChI=1S/C20H18N6OS/c27-20(23-11-14-4-7-21-14)13-3-6-22-17(10-13)15-12-24-26-8-5-16(25-19(15)26)18-2-1-9-28-18/h1-3,5-6,8-10,12,14,21H,4,7,11H2,(H,23,27)/t14-/m1/s1. The minimum Gasteiger partial charge on any atom is -0.350 e. The largest absolute Gasteiger partial charge is 0.350 e. The third-order valence-electron chi connectivity index (χ3n) is 4.88. The Morgan fingerprint density at radius 2 is 2.25 bits per heavy atom. The van der Waals surface area contributed by atoms with Gasteiger partial charge >= 0.3 is 0 Å². The normalized spacial score (nSPS) is 16.1. The van der Waals surface area contributed by atoms with Crippen LogP contribution < -0.4 is 10.6 Å². The molecule has 5 rings (SSSR count). The molecule has 7 nitrogen and oxygen atoms in total. The van der Waals surface area contributed by atoms with Crippen molar-refractivity contribution < 1.29 is 4.79 Å². The summed E-state index contributed by atoms with van der Waals surface area (Å²) in [5, 5.41) is 12.7. The first-order valence-electron chi connectivity index (χ1n) is 9.14. The molecule has 0 spiro atoms. The van der Waals surface area contributed by atoms with E-state index in [0.29, 0.717) is 23.8 Å². The molecule has 0 saturated carbocycles. The summed E-state index contributed by atoms with van der Waals surface area (Å²) in [5.74, 6) is -0.0962. The van der Waals surface area contributed by atoms with Gasteiger partial charge in [0.15, 0.2) is 5.65 Å². The summed E-state index contributed by atoms with van der Waals surface area (Å²) in [6, 6.07) is 9.89. The van der Waals surface area contributed by atoms with E-state index in [1.54, 1.807) is 40.4 Å². The third kappa shape index (κ3) is 3.17. The van der Waals surface area contributed by atoms with Crippen molar-refractivity contribution in [3.63, 3.8) is 0 Å². The van der Waals surface area contributed by atoms with Crippen molar-refractivity contribution in [2.45, 2.75) is 12.5 Å². The van der Waals surface area contributed by atoms with Gasteiger partial charge in [-0.2, -0.15) is 5.10 Å². The molecule has 1 saturated heterocycles. The minimum absolute atomic E-state index is 0.0962. The molecular formula is C20H18N6OS. The molecule has 4 aromatic rings. The molecule has 1 aliphatic heterocycles. The number of hydrogen-bond acceptors (Lipinski definition) is 6. The number of hydrogen-bond donors (Lipinski definition) is 2. The molecule has 1 aliphatic rings. The summed E-state index contributed by atoms with van der Waals surface area (Å²) in [7, 11) is 0. The van der Waals surface area contributed by atoms with E-state index in [-0.39, 0.29) is 5.91 Å². The zero-order valence-corrected chi connectivity index (χ0v) is 15.8. The van der Waals surface area contributed by atoms with Gasteiger partial charge in [-0.1, -0.05) is 6.07 Å². The highest BCUT2D eigenvalue weighted by molar-refractivity contribution is 7.13. The van der Waals surface area contributed by atoms with Crippen molar-refractivity contribution in [1.82, 2.24) is 30.2 Å². The zero-order valence-electron chi connectivity index (χ0n) is 15.0. The Labute approximate surface area is 165 Å². The summed E-state index contributed by atoms with van der Waals surface area (Å²) >= 11 is 1.64. The molecular weight excluding hydrogens is 372 g/mol. The summed E-state index contributed by atoms with van der Waals surface area (Å²) in [5.41, 5.74) is 3.67. The number of amides is 1. The van der Waals surface area contributed by atoms with Gasteiger partial charge in [-0.3, -0.25) is 9.78 Å². The molecule has 0 unspecified atom stereocenters. The quantitative estimate of drug-likeness (QED) is 0.547. The fraction of sp³-hybridized carbons (Fsp3) is 0.200. The Hall–Kier alpha value is -3.10. The Bertz CT molecular complexity index is 1130. The molecule has 0 aliphatic carbocycles. The molecule has 5 heterocycles. The Morgan fingerprint density at radius 1 is 1.32 bits per heavy atom. The number of rotatable bonds is 5. The number of pyridine rings is 1. The lowest BCUT2D eigenvalue weighted by Gasteiger charge is -2.27. The first-order valence-corrected chi connectivity index (χ1v) is 10.0. The maximum atomic E-state index is 12.5. The van der Waals surface area contributed by atoms with Gasteiger partial charge in [0.25, 0.3) is 5.91 Å². The van der Waals surface area contributed by atoms with Gasteiger partial charge in [-0.25, -0.2) is 9.50 Å². The topological polar surface area (TPSA) is 84.2 Å². The third-order valence-corrected chi connectivity index (χ3v) is 5.77. The second kappa shape index (κ2) is 7.14. The van der Waals surface area contributed by atoms with E-state index in [2.05, 4.69) is 20.7 Å². The van der Waals surface area contributed by atoms with Gasteiger partial charge in [-0.15, -0.1) is 11.3 Å². The van der Waals surface area contributed by atoms with E-state index in [1.165, 1.54) is 0 Å². The molecule has 1 amide bonds. The van der Waals surface area contributed by atoms with Crippen LogP contribution in [0.4, 0.5) is 0 Å². The highest BCUT2D eigenvalue weighted by Crippen LogP contribution is 2.27. The number of thiophene rings is 1. The maximum Gasteiger partial charge on any atom is 0.251 e. The summed E-state index contributed by atoms with van der Waals surface area (Å²) < 4.78 is 1.73. The number of fused-ring (bicyclic) bond motifs is 1. The number of carbonyl (C=O) groups excluding carboxylic acids is 1. The SMILES string of the molecule is O=C(NC[C@H]1CCN1)c1ccnc(-c2cnn3ccc(-c4cccs4)nc23)c1. The van der Waals surface area contributed by atoms with Gasteiger partial charge in [0.1, 0.15) is 0 Å². The molecule has 0 bridgehead atoms. The Morgan fingerprint density at radius 3 is 3.04 bits per heavy atom. The van der Waals surface area contributed by atoms with Crippen LogP contribution in [-0.4, -0.2) is 44.6 Å². The molecule has 28 heavy (non-hydrogen) atoms. The summed E-state index contributed by atoms with van der Waals surface area (Å²) in [6.07, 6.45) is 6.38. The van der Waals surface area contributed by atoms with Crippen LogP contribution >= 0.6 is 11.3 Å². The Kier molecular flexibility index (Phi) is 4.34. The van der Waals surface area contributed by atoms with E-state index in [9.17, 15) is 4.79 Å². The fourth-order valence-corrected chi connectivity index (χ4v) is 3.87. The van der Waals surface area contributed by atoms with E-state index >= 15 is 0 Å². The zero-order chi connectivity index (χ0) is 18.9. The molecule has 1 atom stereocenters. The monoisotopic (exact) mass is 390 g/mol. The predicted molar refractivity (Wildman–Crippen MR) is 108 cm³/mol. The van der Waals surface area contributed by atoms with Crippen LogP contribution in [0.3, 0.4) is 0 Å². The van der Waals surface area contributed by atoms with Crippen LogP contribution in [0.1, 0.15) is 16.8 Å². The van der Waals surface area contributed by atoms with Crippen LogP contribution in [0.15, 0.2) is 54.3 Å².